The maximum Gasteiger partial charge on any atom is 0.264 e. The van der Waals surface area contributed by atoms with Crippen molar-refractivity contribution in [3.05, 3.63) is 52.0 Å². The second-order valence-corrected chi connectivity index (χ2v) is 8.24. The summed E-state index contributed by atoms with van der Waals surface area (Å²) in [4.78, 5) is 13.4. The molecular formula is C17H16Cl2N2O3S. The smallest absolute Gasteiger partial charge is 0.264 e. The van der Waals surface area contributed by atoms with E-state index in [1.165, 1.54) is 12.1 Å². The highest BCUT2D eigenvalue weighted by Crippen LogP contribution is 2.32. The summed E-state index contributed by atoms with van der Waals surface area (Å²) in [7, 11) is -3.93. The summed E-state index contributed by atoms with van der Waals surface area (Å²) >= 11 is 12.0. The Balaban J connectivity index is 1.91. The minimum Gasteiger partial charge on any atom is -0.312 e. The van der Waals surface area contributed by atoms with Gasteiger partial charge in [-0.15, -0.1) is 0 Å². The minimum atomic E-state index is -3.93. The Hall–Kier alpha value is -1.76. The van der Waals surface area contributed by atoms with E-state index < -0.39 is 10.0 Å². The maximum atomic E-state index is 12.6. The molecule has 1 N–H and O–H groups in total. The van der Waals surface area contributed by atoms with Gasteiger partial charge in [0.1, 0.15) is 4.90 Å². The Morgan fingerprint density at radius 3 is 2.36 bits per heavy atom. The molecule has 1 saturated heterocycles. The average molecular weight is 399 g/mol. The molecule has 1 amide bonds. The van der Waals surface area contributed by atoms with Crippen LogP contribution in [0.4, 0.5) is 11.4 Å². The van der Waals surface area contributed by atoms with E-state index in [2.05, 4.69) is 4.72 Å². The van der Waals surface area contributed by atoms with Gasteiger partial charge in [0.15, 0.2) is 0 Å². The molecule has 0 saturated carbocycles. The molecule has 8 heteroatoms. The molecule has 132 valence electrons. The highest BCUT2D eigenvalue weighted by molar-refractivity contribution is 7.93. The van der Waals surface area contributed by atoms with Crippen LogP contribution in [0, 0.1) is 6.92 Å². The third kappa shape index (κ3) is 3.61. The second kappa shape index (κ2) is 6.86. The van der Waals surface area contributed by atoms with Crippen molar-refractivity contribution >= 4 is 50.5 Å². The highest BCUT2D eigenvalue weighted by atomic mass is 35.5. The molecule has 0 aliphatic carbocycles. The van der Waals surface area contributed by atoms with Gasteiger partial charge in [0.25, 0.3) is 10.0 Å². The summed E-state index contributed by atoms with van der Waals surface area (Å²) in [5.74, 6) is 0.0827. The van der Waals surface area contributed by atoms with Crippen LogP contribution >= 0.6 is 23.2 Å². The number of rotatable bonds is 4. The van der Waals surface area contributed by atoms with E-state index in [0.717, 1.165) is 17.7 Å². The van der Waals surface area contributed by atoms with Gasteiger partial charge >= 0.3 is 0 Å². The van der Waals surface area contributed by atoms with Crippen molar-refractivity contribution in [2.75, 3.05) is 16.2 Å². The third-order valence-electron chi connectivity index (χ3n) is 4.00. The third-order valence-corrected chi connectivity index (χ3v) is 6.34. The molecular weight excluding hydrogens is 383 g/mol. The largest absolute Gasteiger partial charge is 0.312 e. The number of hydrogen-bond donors (Lipinski definition) is 1. The lowest BCUT2D eigenvalue weighted by Crippen LogP contribution is -2.24. The van der Waals surface area contributed by atoms with Gasteiger partial charge in [-0.3, -0.25) is 9.52 Å². The zero-order valence-electron chi connectivity index (χ0n) is 13.4. The van der Waals surface area contributed by atoms with Gasteiger partial charge in [-0.2, -0.15) is 0 Å². The molecule has 0 unspecified atom stereocenters. The predicted molar refractivity (Wildman–Crippen MR) is 100 cm³/mol. The van der Waals surface area contributed by atoms with Crippen molar-refractivity contribution < 1.29 is 13.2 Å². The number of amides is 1. The number of nitrogens with one attached hydrogen (secondary N) is 1. The number of nitrogens with zero attached hydrogens (tertiary/aromatic N) is 1. The topological polar surface area (TPSA) is 66.5 Å². The molecule has 0 aromatic heterocycles. The van der Waals surface area contributed by atoms with Crippen LogP contribution in [0.3, 0.4) is 0 Å². The van der Waals surface area contributed by atoms with Crippen LogP contribution in [0.5, 0.6) is 0 Å². The monoisotopic (exact) mass is 398 g/mol. The molecule has 25 heavy (non-hydrogen) atoms. The first-order valence-corrected chi connectivity index (χ1v) is 9.91. The normalized spacial score (nSPS) is 14.8. The van der Waals surface area contributed by atoms with Gasteiger partial charge in [0.05, 0.1) is 10.0 Å². The molecule has 0 atom stereocenters. The lowest BCUT2D eigenvalue weighted by molar-refractivity contribution is -0.117. The SMILES string of the molecule is Cc1cc(NS(=O)(=O)c2c(Cl)cccc2Cl)ccc1N1CCCC1=O. The summed E-state index contributed by atoms with van der Waals surface area (Å²) in [6.45, 7) is 2.52. The van der Waals surface area contributed by atoms with Crippen molar-refractivity contribution in [3.63, 3.8) is 0 Å². The van der Waals surface area contributed by atoms with Crippen LogP contribution in [0.2, 0.25) is 10.0 Å². The van der Waals surface area contributed by atoms with Gasteiger partial charge in [0.2, 0.25) is 5.91 Å². The van der Waals surface area contributed by atoms with Crippen LogP contribution < -0.4 is 9.62 Å². The van der Waals surface area contributed by atoms with E-state index >= 15 is 0 Å². The molecule has 0 bridgehead atoms. The number of aryl methyl sites for hydroxylation is 1. The first-order chi connectivity index (χ1) is 11.8. The first kappa shape index (κ1) is 18.0. The summed E-state index contributed by atoms with van der Waals surface area (Å²) < 4.78 is 27.7. The Morgan fingerprint density at radius 1 is 1.12 bits per heavy atom. The molecule has 2 aromatic carbocycles. The van der Waals surface area contributed by atoms with Crippen LogP contribution in [-0.4, -0.2) is 20.9 Å². The van der Waals surface area contributed by atoms with Crippen LogP contribution in [0.1, 0.15) is 18.4 Å². The molecule has 1 heterocycles. The molecule has 1 aliphatic rings. The van der Waals surface area contributed by atoms with Gasteiger partial charge < -0.3 is 4.90 Å². The maximum absolute atomic E-state index is 12.6. The molecule has 0 spiro atoms. The van der Waals surface area contributed by atoms with Gasteiger partial charge in [0, 0.05) is 24.3 Å². The quantitative estimate of drug-likeness (QED) is 0.837. The fourth-order valence-electron chi connectivity index (χ4n) is 2.87. The Morgan fingerprint density at radius 2 is 1.80 bits per heavy atom. The van der Waals surface area contributed by atoms with Crippen molar-refractivity contribution in [1.29, 1.82) is 0 Å². The molecule has 5 nitrogen and oxygen atoms in total. The van der Waals surface area contributed by atoms with Crippen molar-refractivity contribution in [3.8, 4) is 0 Å². The van der Waals surface area contributed by atoms with E-state index in [-0.39, 0.29) is 20.8 Å². The molecule has 2 aromatic rings. The summed E-state index contributed by atoms with van der Waals surface area (Å²) in [6, 6.07) is 9.56. The van der Waals surface area contributed by atoms with Crippen molar-refractivity contribution in [1.82, 2.24) is 0 Å². The number of sulfonamides is 1. The fraction of sp³-hybridized carbons (Fsp3) is 0.235. The number of benzene rings is 2. The number of halogens is 2. The molecule has 1 aliphatic heterocycles. The van der Waals surface area contributed by atoms with E-state index in [1.54, 1.807) is 29.2 Å². The summed E-state index contributed by atoms with van der Waals surface area (Å²) in [5.41, 5.74) is 1.98. The van der Waals surface area contributed by atoms with Crippen molar-refractivity contribution in [2.24, 2.45) is 0 Å². The van der Waals surface area contributed by atoms with Gasteiger partial charge in [-0.1, -0.05) is 29.3 Å². The zero-order valence-corrected chi connectivity index (χ0v) is 15.7. The van der Waals surface area contributed by atoms with E-state index in [4.69, 9.17) is 23.2 Å². The Bertz CT molecular complexity index is 925. The Labute approximate surface area is 156 Å². The predicted octanol–water partition coefficient (Wildman–Crippen LogP) is 4.23. The van der Waals surface area contributed by atoms with Crippen molar-refractivity contribution in [2.45, 2.75) is 24.7 Å². The number of carbonyl (C=O) groups is 1. The summed E-state index contributed by atoms with van der Waals surface area (Å²) in [5, 5.41) is 0.104. The van der Waals surface area contributed by atoms with Crippen LogP contribution in [0.15, 0.2) is 41.3 Å². The zero-order chi connectivity index (χ0) is 18.2. The van der Waals surface area contributed by atoms with Gasteiger partial charge in [-0.05, 0) is 49.2 Å². The molecule has 3 rings (SSSR count). The fourth-order valence-corrected chi connectivity index (χ4v) is 5.07. The van der Waals surface area contributed by atoms with Gasteiger partial charge in [-0.25, -0.2) is 8.42 Å². The van der Waals surface area contributed by atoms with Crippen LogP contribution in [-0.2, 0) is 14.8 Å². The second-order valence-electron chi connectivity index (χ2n) is 5.81. The van der Waals surface area contributed by atoms with E-state index in [9.17, 15) is 13.2 Å². The first-order valence-electron chi connectivity index (χ1n) is 7.67. The number of hydrogen-bond acceptors (Lipinski definition) is 3. The molecule has 0 radical (unpaired) electrons. The van der Waals surface area contributed by atoms with E-state index in [1.807, 2.05) is 6.92 Å². The highest BCUT2D eigenvalue weighted by Gasteiger charge is 2.24. The number of carbonyl (C=O) groups excluding carboxylic acids is 1. The lowest BCUT2D eigenvalue weighted by Gasteiger charge is -2.19. The number of anilines is 2. The van der Waals surface area contributed by atoms with Crippen LogP contribution in [0.25, 0.3) is 0 Å². The summed E-state index contributed by atoms with van der Waals surface area (Å²) in [6.07, 6.45) is 1.37. The minimum absolute atomic E-state index is 0.0519. The standard InChI is InChI=1S/C17H16Cl2N2O3S/c1-11-10-12(7-8-15(11)21-9-3-6-16(21)22)20-25(23,24)17-13(18)4-2-5-14(17)19/h2,4-5,7-8,10,20H,3,6,9H2,1H3. The Kier molecular flexibility index (Phi) is 4.95. The molecule has 1 fully saturated rings. The lowest BCUT2D eigenvalue weighted by atomic mass is 10.1. The van der Waals surface area contributed by atoms with E-state index in [0.29, 0.717) is 18.7 Å². The average Bonchev–Trinajstić information content (AvgIpc) is 2.92.